The van der Waals surface area contributed by atoms with Crippen LogP contribution in [0.2, 0.25) is 5.02 Å². The van der Waals surface area contributed by atoms with E-state index in [4.69, 9.17) is 16.3 Å². The van der Waals surface area contributed by atoms with Crippen LogP contribution in [0.3, 0.4) is 0 Å². The highest BCUT2D eigenvalue weighted by molar-refractivity contribution is 7.89. The summed E-state index contributed by atoms with van der Waals surface area (Å²) < 4.78 is 33.6. The van der Waals surface area contributed by atoms with Crippen LogP contribution < -0.4 is 10.3 Å². The number of fused-ring (bicyclic) bond motifs is 1. The normalized spacial score (nSPS) is 11.8. The zero-order valence-electron chi connectivity index (χ0n) is 18.2. The van der Waals surface area contributed by atoms with Crippen LogP contribution in [0, 0.1) is 6.92 Å². The van der Waals surface area contributed by atoms with Gasteiger partial charge in [-0.15, -0.1) is 0 Å². The van der Waals surface area contributed by atoms with Gasteiger partial charge >= 0.3 is 0 Å². The van der Waals surface area contributed by atoms with E-state index in [9.17, 15) is 13.2 Å². The number of aryl methyl sites for hydroxylation is 1. The van der Waals surface area contributed by atoms with E-state index in [0.717, 1.165) is 16.5 Å². The molecule has 33 heavy (non-hydrogen) atoms. The Morgan fingerprint density at radius 1 is 0.939 bits per heavy atom. The predicted molar refractivity (Wildman–Crippen MR) is 130 cm³/mol. The van der Waals surface area contributed by atoms with Crippen LogP contribution in [0.25, 0.3) is 10.9 Å². The van der Waals surface area contributed by atoms with Crippen LogP contribution >= 0.6 is 11.6 Å². The first-order valence-electron chi connectivity index (χ1n) is 10.3. The van der Waals surface area contributed by atoms with E-state index >= 15 is 0 Å². The van der Waals surface area contributed by atoms with Crippen molar-refractivity contribution in [3.63, 3.8) is 0 Å². The van der Waals surface area contributed by atoms with E-state index in [1.165, 1.54) is 28.6 Å². The Balaban J connectivity index is 1.75. The Hall–Kier alpha value is -3.13. The lowest BCUT2D eigenvalue weighted by molar-refractivity contribution is 0.398. The molecule has 0 atom stereocenters. The van der Waals surface area contributed by atoms with Crippen LogP contribution in [0.15, 0.2) is 82.5 Å². The maximum absolute atomic E-state index is 13.5. The summed E-state index contributed by atoms with van der Waals surface area (Å²) in [5, 5.41) is 1.28. The zero-order chi connectivity index (χ0) is 23.6. The Kier molecular flexibility index (Phi) is 6.56. The highest BCUT2D eigenvalue weighted by Crippen LogP contribution is 2.24. The lowest BCUT2D eigenvalue weighted by atomic mass is 10.1. The van der Waals surface area contributed by atoms with Gasteiger partial charge < -0.3 is 9.72 Å². The topological polar surface area (TPSA) is 79.5 Å². The predicted octanol–water partition coefficient (Wildman–Crippen LogP) is 4.89. The zero-order valence-corrected chi connectivity index (χ0v) is 19.8. The number of aromatic amines is 1. The van der Waals surface area contributed by atoms with E-state index in [0.29, 0.717) is 21.9 Å². The fourth-order valence-electron chi connectivity index (χ4n) is 3.58. The smallest absolute Gasteiger partial charge is 0.252 e. The van der Waals surface area contributed by atoms with Crippen LogP contribution in [0.4, 0.5) is 0 Å². The first-order chi connectivity index (χ1) is 15.8. The highest BCUT2D eigenvalue weighted by atomic mass is 35.5. The maximum atomic E-state index is 13.5. The van der Waals surface area contributed by atoms with E-state index in [1.54, 1.807) is 37.4 Å². The van der Waals surface area contributed by atoms with Crippen LogP contribution in [-0.4, -0.2) is 24.8 Å². The number of benzene rings is 3. The molecule has 0 saturated carbocycles. The summed E-state index contributed by atoms with van der Waals surface area (Å²) in [6.07, 6.45) is 0. The van der Waals surface area contributed by atoms with E-state index in [1.807, 2.05) is 25.1 Å². The molecule has 0 amide bonds. The van der Waals surface area contributed by atoms with Crippen LogP contribution in [0.1, 0.15) is 16.7 Å². The molecule has 4 rings (SSSR count). The van der Waals surface area contributed by atoms with Gasteiger partial charge in [-0.1, -0.05) is 35.9 Å². The molecule has 8 heteroatoms. The number of hydrogen-bond acceptors (Lipinski definition) is 4. The third-order valence-corrected chi connectivity index (χ3v) is 7.45. The lowest BCUT2D eigenvalue weighted by Gasteiger charge is -2.22. The summed E-state index contributed by atoms with van der Waals surface area (Å²) >= 11 is 5.95. The van der Waals surface area contributed by atoms with E-state index in [2.05, 4.69) is 4.98 Å². The quantitative estimate of drug-likeness (QED) is 0.406. The van der Waals surface area contributed by atoms with Gasteiger partial charge in [-0.2, -0.15) is 4.31 Å². The van der Waals surface area contributed by atoms with Crippen molar-refractivity contribution in [3.05, 3.63) is 105 Å². The average Bonchev–Trinajstić information content (AvgIpc) is 2.80. The summed E-state index contributed by atoms with van der Waals surface area (Å²) in [6, 6.07) is 20.6. The minimum Gasteiger partial charge on any atom is -0.497 e. The van der Waals surface area contributed by atoms with Crippen molar-refractivity contribution in [2.75, 3.05) is 7.11 Å². The Morgan fingerprint density at radius 3 is 2.30 bits per heavy atom. The second-order valence-corrected chi connectivity index (χ2v) is 10.2. The van der Waals surface area contributed by atoms with Gasteiger partial charge in [0.05, 0.1) is 12.0 Å². The second kappa shape index (κ2) is 9.39. The fourth-order valence-corrected chi connectivity index (χ4v) is 5.12. The molecular formula is C25H23ClN2O4S. The number of methoxy groups -OCH3 is 1. The number of aromatic nitrogens is 1. The molecule has 0 spiro atoms. The number of sulfonamides is 1. The molecule has 1 N–H and O–H groups in total. The largest absolute Gasteiger partial charge is 0.497 e. The van der Waals surface area contributed by atoms with Crippen LogP contribution in [0.5, 0.6) is 5.75 Å². The first kappa shape index (κ1) is 23.0. The number of rotatable bonds is 7. The summed E-state index contributed by atoms with van der Waals surface area (Å²) in [6.45, 7) is 1.94. The molecule has 0 aliphatic rings. The molecule has 0 saturated heterocycles. The number of H-pyrrole nitrogens is 1. The molecule has 0 fully saturated rings. The lowest BCUT2D eigenvalue weighted by Crippen LogP contribution is -2.32. The third-order valence-electron chi connectivity index (χ3n) is 5.39. The van der Waals surface area contributed by atoms with Crippen LogP contribution in [-0.2, 0) is 23.1 Å². The van der Waals surface area contributed by atoms with E-state index in [-0.39, 0.29) is 23.5 Å². The molecule has 4 aromatic rings. The molecule has 0 radical (unpaired) electrons. The number of pyridine rings is 1. The standard InChI is InChI=1S/C25H23ClN2O4S/c1-17-3-6-19-14-20(25(29)27-24(19)13-17)16-28(15-18-4-9-22(32-2)10-5-18)33(30,31)23-11-7-21(26)8-12-23/h3-14H,15-16H2,1-2H3,(H,27,29). The minimum absolute atomic E-state index is 0.0837. The monoisotopic (exact) mass is 482 g/mol. The Morgan fingerprint density at radius 2 is 1.64 bits per heavy atom. The van der Waals surface area contributed by atoms with Gasteiger partial charge in [0.1, 0.15) is 5.75 Å². The molecule has 170 valence electrons. The van der Waals surface area contributed by atoms with Gasteiger partial charge in [-0.25, -0.2) is 8.42 Å². The van der Waals surface area contributed by atoms with Crippen molar-refractivity contribution in [1.29, 1.82) is 0 Å². The molecular weight excluding hydrogens is 460 g/mol. The SMILES string of the molecule is COc1ccc(CN(Cc2cc3ccc(C)cc3[nH]c2=O)S(=O)(=O)c2ccc(Cl)cc2)cc1. The van der Waals surface area contributed by atoms with Crippen molar-refractivity contribution < 1.29 is 13.2 Å². The maximum Gasteiger partial charge on any atom is 0.252 e. The summed E-state index contributed by atoms with van der Waals surface area (Å²) in [7, 11) is -2.35. The molecule has 0 aliphatic carbocycles. The number of hydrogen-bond donors (Lipinski definition) is 1. The summed E-state index contributed by atoms with van der Waals surface area (Å²) in [4.78, 5) is 15.8. The third kappa shape index (κ3) is 5.11. The summed E-state index contributed by atoms with van der Waals surface area (Å²) in [5.74, 6) is 0.673. The van der Waals surface area contributed by atoms with Gasteiger partial charge in [-0.3, -0.25) is 4.79 Å². The van der Waals surface area contributed by atoms with Gasteiger partial charge in [0.2, 0.25) is 10.0 Å². The molecule has 1 aromatic heterocycles. The minimum atomic E-state index is -3.92. The number of halogens is 1. The molecule has 6 nitrogen and oxygen atoms in total. The van der Waals surface area contributed by atoms with E-state index < -0.39 is 10.0 Å². The van der Waals surface area contributed by atoms with Gasteiger partial charge in [0.25, 0.3) is 5.56 Å². The molecule has 0 aliphatic heterocycles. The molecule has 0 bridgehead atoms. The Labute approximate surface area is 197 Å². The van der Waals surface area contributed by atoms with Crippen molar-refractivity contribution in [1.82, 2.24) is 9.29 Å². The first-order valence-corrected chi connectivity index (χ1v) is 12.1. The van der Waals surface area contributed by atoms with Crippen molar-refractivity contribution >= 4 is 32.5 Å². The van der Waals surface area contributed by atoms with Gasteiger partial charge in [-0.05, 0) is 72.0 Å². The number of nitrogens with one attached hydrogen (secondary N) is 1. The fraction of sp³-hybridized carbons (Fsp3) is 0.160. The van der Waals surface area contributed by atoms with Gasteiger partial charge in [0, 0.05) is 29.2 Å². The van der Waals surface area contributed by atoms with Crippen molar-refractivity contribution in [3.8, 4) is 5.75 Å². The second-order valence-electron chi connectivity index (χ2n) is 7.79. The molecule has 3 aromatic carbocycles. The van der Waals surface area contributed by atoms with Crippen molar-refractivity contribution in [2.45, 2.75) is 24.9 Å². The summed E-state index contributed by atoms with van der Waals surface area (Å²) in [5.41, 5.74) is 2.54. The average molecular weight is 483 g/mol. The van der Waals surface area contributed by atoms with Crippen molar-refractivity contribution in [2.24, 2.45) is 0 Å². The Bertz CT molecular complexity index is 1450. The number of ether oxygens (including phenoxy) is 1. The molecule has 1 heterocycles. The number of nitrogens with zero attached hydrogens (tertiary/aromatic N) is 1. The van der Waals surface area contributed by atoms with Gasteiger partial charge in [0.15, 0.2) is 0 Å². The highest BCUT2D eigenvalue weighted by Gasteiger charge is 2.26. The molecule has 0 unspecified atom stereocenters.